The number of rotatable bonds is 8. The van der Waals surface area contributed by atoms with Gasteiger partial charge in [-0.25, -0.2) is 18.1 Å². The molecule has 2 N–H and O–H groups in total. The van der Waals surface area contributed by atoms with Gasteiger partial charge in [0.05, 0.1) is 27.4 Å². The maximum Gasteiger partial charge on any atom is 0.256 e. The Kier molecular flexibility index (Phi) is 6.76. The molecule has 0 saturated carbocycles. The van der Waals surface area contributed by atoms with Gasteiger partial charge in [0.1, 0.15) is 0 Å². The topological polar surface area (TPSA) is 101 Å². The van der Waals surface area contributed by atoms with Crippen molar-refractivity contribution in [2.75, 3.05) is 11.9 Å². The number of nitrogens with zero attached hydrogens (tertiary/aromatic N) is 2. The Morgan fingerprint density at radius 1 is 0.939 bits per heavy atom. The molecule has 0 aliphatic rings. The van der Waals surface area contributed by atoms with Crippen LogP contribution in [0.3, 0.4) is 0 Å². The summed E-state index contributed by atoms with van der Waals surface area (Å²) in [4.78, 5) is 22.3. The monoisotopic (exact) mass is 460 g/mol. The molecule has 2 heterocycles. The van der Waals surface area contributed by atoms with Gasteiger partial charge < -0.3 is 5.32 Å². The first-order valence-corrected chi connectivity index (χ1v) is 12.2. The van der Waals surface area contributed by atoms with Crippen LogP contribution >= 0.6 is 0 Å². The van der Waals surface area contributed by atoms with Crippen LogP contribution in [-0.2, 0) is 10.0 Å². The molecule has 0 unspecified atom stereocenters. The summed E-state index contributed by atoms with van der Waals surface area (Å²) < 4.78 is 27.3. The standard InChI is InChI=1S/C25H24N4O3S/c1-2-3-16-27-33(31,32)19-13-11-18(12-14-19)28-25(30)21-17-24(23-10-6-7-15-26-23)29-22-9-5-4-8-20(21)22/h4-15,17,27H,2-3,16H2,1H3,(H,28,30). The number of fused-ring (bicyclic) bond motifs is 1. The molecule has 4 rings (SSSR count). The van der Waals surface area contributed by atoms with Gasteiger partial charge in [-0.15, -0.1) is 0 Å². The number of hydrogen-bond acceptors (Lipinski definition) is 5. The molecule has 7 nitrogen and oxygen atoms in total. The van der Waals surface area contributed by atoms with E-state index in [0.29, 0.717) is 40.1 Å². The number of aromatic nitrogens is 2. The number of carbonyl (C=O) groups excluding carboxylic acids is 1. The van der Waals surface area contributed by atoms with Crippen molar-refractivity contribution in [3.63, 3.8) is 0 Å². The highest BCUT2D eigenvalue weighted by atomic mass is 32.2. The van der Waals surface area contributed by atoms with Crippen LogP contribution < -0.4 is 10.0 Å². The first-order valence-electron chi connectivity index (χ1n) is 10.7. The number of amides is 1. The molecule has 2 aromatic carbocycles. The van der Waals surface area contributed by atoms with Crippen LogP contribution in [0.25, 0.3) is 22.3 Å². The molecule has 0 saturated heterocycles. The van der Waals surface area contributed by atoms with Crippen molar-refractivity contribution in [1.29, 1.82) is 0 Å². The van der Waals surface area contributed by atoms with E-state index in [2.05, 4.69) is 20.0 Å². The van der Waals surface area contributed by atoms with Gasteiger partial charge in [0.25, 0.3) is 5.91 Å². The van der Waals surface area contributed by atoms with Crippen molar-refractivity contribution >= 4 is 32.5 Å². The van der Waals surface area contributed by atoms with Crippen molar-refractivity contribution in [3.8, 4) is 11.4 Å². The molecule has 0 bridgehead atoms. The molecule has 2 aromatic heterocycles. The van der Waals surface area contributed by atoms with Crippen LogP contribution in [0.2, 0.25) is 0 Å². The fourth-order valence-corrected chi connectivity index (χ4v) is 4.47. The number of carbonyl (C=O) groups is 1. The van der Waals surface area contributed by atoms with Crippen molar-refractivity contribution < 1.29 is 13.2 Å². The molecule has 0 fully saturated rings. The molecule has 0 atom stereocenters. The second-order valence-corrected chi connectivity index (χ2v) is 9.28. The smallest absolute Gasteiger partial charge is 0.256 e. The molecule has 4 aromatic rings. The normalized spacial score (nSPS) is 11.4. The van der Waals surface area contributed by atoms with E-state index < -0.39 is 10.0 Å². The first-order chi connectivity index (χ1) is 16.0. The summed E-state index contributed by atoms with van der Waals surface area (Å²) in [5.41, 5.74) is 2.90. The fraction of sp³-hybridized carbons (Fsp3) is 0.160. The number of sulfonamides is 1. The zero-order valence-electron chi connectivity index (χ0n) is 18.2. The summed E-state index contributed by atoms with van der Waals surface area (Å²) in [7, 11) is -3.57. The molecule has 8 heteroatoms. The van der Waals surface area contributed by atoms with Gasteiger partial charge in [-0.05, 0) is 55.0 Å². The molecule has 0 spiro atoms. The maximum atomic E-state index is 13.2. The predicted octanol–water partition coefficient (Wildman–Crippen LogP) is 4.63. The Morgan fingerprint density at radius 3 is 2.42 bits per heavy atom. The van der Waals surface area contributed by atoms with Crippen LogP contribution in [0.15, 0.2) is 83.9 Å². The Bertz CT molecular complexity index is 1370. The van der Waals surface area contributed by atoms with Crippen molar-refractivity contribution in [3.05, 3.63) is 84.6 Å². The van der Waals surface area contributed by atoms with Gasteiger partial charge in [-0.3, -0.25) is 9.78 Å². The van der Waals surface area contributed by atoms with E-state index in [-0.39, 0.29) is 10.8 Å². The average Bonchev–Trinajstić information content (AvgIpc) is 2.84. The van der Waals surface area contributed by atoms with Crippen LogP contribution in [0.4, 0.5) is 5.69 Å². The SMILES string of the molecule is CCCCNS(=O)(=O)c1ccc(NC(=O)c2cc(-c3ccccn3)nc3ccccc23)cc1. The molecule has 0 aliphatic carbocycles. The summed E-state index contributed by atoms with van der Waals surface area (Å²) in [5.74, 6) is -0.317. The highest BCUT2D eigenvalue weighted by Gasteiger charge is 2.16. The molecule has 0 radical (unpaired) electrons. The Hall–Kier alpha value is -3.62. The van der Waals surface area contributed by atoms with Gasteiger partial charge in [0, 0.05) is 23.8 Å². The number of hydrogen-bond donors (Lipinski definition) is 2. The minimum absolute atomic E-state index is 0.156. The van der Waals surface area contributed by atoms with Gasteiger partial charge in [-0.2, -0.15) is 0 Å². The Labute approximate surface area is 193 Å². The van der Waals surface area contributed by atoms with E-state index in [0.717, 1.165) is 12.8 Å². The van der Waals surface area contributed by atoms with Gasteiger partial charge in [0.15, 0.2) is 0 Å². The quantitative estimate of drug-likeness (QED) is 0.374. The third kappa shape index (κ3) is 5.24. The maximum absolute atomic E-state index is 13.2. The molecular weight excluding hydrogens is 436 g/mol. The highest BCUT2D eigenvalue weighted by molar-refractivity contribution is 7.89. The largest absolute Gasteiger partial charge is 0.322 e. The lowest BCUT2D eigenvalue weighted by molar-refractivity contribution is 0.102. The van der Waals surface area contributed by atoms with Gasteiger partial charge in [0.2, 0.25) is 10.0 Å². The van der Waals surface area contributed by atoms with Crippen molar-refractivity contribution in [2.24, 2.45) is 0 Å². The zero-order valence-corrected chi connectivity index (χ0v) is 19.0. The van der Waals surface area contributed by atoms with Crippen LogP contribution in [0.5, 0.6) is 0 Å². The van der Waals surface area contributed by atoms with E-state index >= 15 is 0 Å². The van der Waals surface area contributed by atoms with Crippen LogP contribution in [-0.4, -0.2) is 30.8 Å². The summed E-state index contributed by atoms with van der Waals surface area (Å²) in [6.45, 7) is 2.39. The fourth-order valence-electron chi connectivity index (χ4n) is 3.39. The minimum Gasteiger partial charge on any atom is -0.322 e. The molecule has 168 valence electrons. The second-order valence-electron chi connectivity index (χ2n) is 7.52. The number of nitrogens with one attached hydrogen (secondary N) is 2. The third-order valence-corrected chi connectivity index (χ3v) is 6.61. The van der Waals surface area contributed by atoms with Crippen LogP contribution in [0.1, 0.15) is 30.1 Å². The van der Waals surface area contributed by atoms with Gasteiger partial charge >= 0.3 is 0 Å². The third-order valence-electron chi connectivity index (χ3n) is 5.13. The Balaban J connectivity index is 1.60. The number of anilines is 1. The summed E-state index contributed by atoms with van der Waals surface area (Å²) >= 11 is 0. The molecular formula is C25H24N4O3S. The summed E-state index contributed by atoms with van der Waals surface area (Å²) in [6.07, 6.45) is 3.35. The van der Waals surface area contributed by atoms with Crippen LogP contribution in [0, 0.1) is 0 Å². The number of unbranched alkanes of at least 4 members (excludes halogenated alkanes) is 1. The molecule has 0 aliphatic heterocycles. The van der Waals surface area contributed by atoms with E-state index in [9.17, 15) is 13.2 Å². The number of para-hydroxylation sites is 1. The second kappa shape index (κ2) is 9.89. The van der Waals surface area contributed by atoms with Gasteiger partial charge in [-0.1, -0.05) is 37.6 Å². The predicted molar refractivity (Wildman–Crippen MR) is 129 cm³/mol. The van der Waals surface area contributed by atoms with Crippen molar-refractivity contribution in [1.82, 2.24) is 14.7 Å². The minimum atomic E-state index is -3.57. The van der Waals surface area contributed by atoms with E-state index in [1.165, 1.54) is 12.1 Å². The molecule has 33 heavy (non-hydrogen) atoms. The highest BCUT2D eigenvalue weighted by Crippen LogP contribution is 2.25. The Morgan fingerprint density at radius 2 is 1.70 bits per heavy atom. The summed E-state index contributed by atoms with van der Waals surface area (Å²) in [5, 5.41) is 3.57. The van der Waals surface area contributed by atoms with Crippen molar-refractivity contribution in [2.45, 2.75) is 24.7 Å². The lowest BCUT2D eigenvalue weighted by Crippen LogP contribution is -2.24. The summed E-state index contributed by atoms with van der Waals surface area (Å²) in [6, 6.07) is 20.8. The number of benzene rings is 2. The first kappa shape index (κ1) is 22.6. The average molecular weight is 461 g/mol. The lowest BCUT2D eigenvalue weighted by Gasteiger charge is -2.11. The van der Waals surface area contributed by atoms with E-state index in [1.807, 2.05) is 49.4 Å². The molecule has 1 amide bonds. The number of pyridine rings is 2. The zero-order chi connectivity index (χ0) is 23.3. The lowest BCUT2D eigenvalue weighted by atomic mass is 10.1. The van der Waals surface area contributed by atoms with E-state index in [1.54, 1.807) is 24.4 Å². The van der Waals surface area contributed by atoms with E-state index in [4.69, 9.17) is 0 Å².